The van der Waals surface area contributed by atoms with E-state index in [1.54, 1.807) is 6.20 Å². The molecule has 2 aromatic carbocycles. The highest BCUT2D eigenvalue weighted by Gasteiger charge is 2.17. The first-order valence-corrected chi connectivity index (χ1v) is 8.59. The lowest BCUT2D eigenvalue weighted by Crippen LogP contribution is -2.14. The average Bonchev–Trinajstić information content (AvgIpc) is 3.33. The third kappa shape index (κ3) is 3.43. The Morgan fingerprint density at radius 1 is 0.769 bits per heavy atom. The van der Waals surface area contributed by atoms with E-state index in [-0.39, 0.29) is 0 Å². The molecule has 0 fully saturated rings. The van der Waals surface area contributed by atoms with E-state index in [9.17, 15) is 5.11 Å². The predicted octanol–water partition coefficient (Wildman–Crippen LogP) is 3.26. The summed E-state index contributed by atoms with van der Waals surface area (Å²) < 4.78 is 4.06. The summed E-state index contributed by atoms with van der Waals surface area (Å²) in [5.41, 5.74) is 2.05. The summed E-state index contributed by atoms with van der Waals surface area (Å²) in [7, 11) is 0. The van der Waals surface area contributed by atoms with E-state index in [2.05, 4.69) is 26.7 Å². The molecule has 1 unspecified atom stereocenters. The van der Waals surface area contributed by atoms with Crippen molar-refractivity contribution in [1.82, 2.24) is 19.1 Å². The van der Waals surface area contributed by atoms with Crippen molar-refractivity contribution in [2.24, 2.45) is 0 Å². The van der Waals surface area contributed by atoms with Crippen molar-refractivity contribution in [1.29, 1.82) is 0 Å². The lowest BCUT2D eigenvalue weighted by atomic mass is 10.1. The van der Waals surface area contributed by atoms with Gasteiger partial charge in [-0.25, -0.2) is 9.97 Å². The Hall–Kier alpha value is -3.18. The van der Waals surface area contributed by atoms with Gasteiger partial charge in [0, 0.05) is 31.3 Å². The Balaban J connectivity index is 1.56. The van der Waals surface area contributed by atoms with Gasteiger partial charge in [0.15, 0.2) is 0 Å². The van der Waals surface area contributed by atoms with Crippen molar-refractivity contribution in [3.8, 4) is 0 Å². The maximum absolute atomic E-state index is 10.7. The van der Waals surface area contributed by atoms with Gasteiger partial charge in [-0.3, -0.25) is 0 Å². The zero-order valence-corrected chi connectivity index (χ0v) is 14.3. The molecule has 1 N–H and O–H groups in total. The van der Waals surface area contributed by atoms with E-state index in [0.717, 1.165) is 17.9 Å². The first kappa shape index (κ1) is 16.3. The number of benzene rings is 2. The quantitative estimate of drug-likeness (QED) is 0.584. The molecular weight excluding hydrogens is 324 g/mol. The summed E-state index contributed by atoms with van der Waals surface area (Å²) in [4.78, 5) is 8.86. The second-order valence-electron chi connectivity index (χ2n) is 6.18. The summed E-state index contributed by atoms with van der Waals surface area (Å²) >= 11 is 0. The molecule has 0 aliphatic rings. The molecule has 130 valence electrons. The van der Waals surface area contributed by atoms with Crippen LogP contribution in [-0.2, 0) is 13.1 Å². The zero-order valence-electron chi connectivity index (χ0n) is 14.3. The van der Waals surface area contributed by atoms with Crippen molar-refractivity contribution < 1.29 is 5.11 Å². The van der Waals surface area contributed by atoms with Crippen LogP contribution in [0.3, 0.4) is 0 Å². The molecule has 1 atom stereocenters. The topological polar surface area (TPSA) is 55.9 Å². The molecule has 2 aromatic heterocycles. The highest BCUT2D eigenvalue weighted by Crippen LogP contribution is 2.21. The SMILES string of the molecule is OC(c1ccccc1)c1nccn1Cc1nccn1Cc1ccccc1. The molecule has 5 heteroatoms. The minimum atomic E-state index is -0.760. The number of aromatic nitrogens is 4. The number of imidazole rings is 2. The van der Waals surface area contributed by atoms with Gasteiger partial charge in [0.05, 0.1) is 6.54 Å². The van der Waals surface area contributed by atoms with Gasteiger partial charge < -0.3 is 14.2 Å². The molecule has 0 aliphatic carbocycles. The number of hydrogen-bond acceptors (Lipinski definition) is 3. The first-order valence-electron chi connectivity index (χ1n) is 8.59. The maximum atomic E-state index is 10.7. The Bertz CT molecular complexity index is 960. The van der Waals surface area contributed by atoms with Gasteiger partial charge in [-0.05, 0) is 11.1 Å². The van der Waals surface area contributed by atoms with Gasteiger partial charge in [0.25, 0.3) is 0 Å². The van der Waals surface area contributed by atoms with E-state index in [1.807, 2.05) is 71.7 Å². The van der Waals surface area contributed by atoms with Crippen LogP contribution < -0.4 is 0 Å². The lowest BCUT2D eigenvalue weighted by Gasteiger charge is -2.14. The summed E-state index contributed by atoms with van der Waals surface area (Å²) in [5.74, 6) is 1.54. The van der Waals surface area contributed by atoms with Gasteiger partial charge in [0.2, 0.25) is 0 Å². The molecular formula is C21H20N4O. The number of aliphatic hydroxyl groups excluding tert-OH is 1. The van der Waals surface area contributed by atoms with E-state index in [1.165, 1.54) is 5.56 Å². The number of hydrogen-bond donors (Lipinski definition) is 1. The standard InChI is InChI=1S/C21H20N4O/c26-20(18-9-5-2-6-10-18)21-23-12-14-25(21)16-19-22-11-13-24(19)15-17-7-3-1-4-8-17/h1-14,20,26H,15-16H2. The Labute approximate surface area is 152 Å². The van der Waals surface area contributed by atoms with Gasteiger partial charge in [-0.1, -0.05) is 60.7 Å². The van der Waals surface area contributed by atoms with Crippen molar-refractivity contribution in [2.45, 2.75) is 19.2 Å². The van der Waals surface area contributed by atoms with Crippen LogP contribution in [0.5, 0.6) is 0 Å². The second kappa shape index (κ2) is 7.37. The van der Waals surface area contributed by atoms with Gasteiger partial charge in [-0.2, -0.15) is 0 Å². The molecule has 0 bridgehead atoms. The summed E-state index contributed by atoms with van der Waals surface area (Å²) in [6.45, 7) is 1.32. The minimum Gasteiger partial charge on any atom is -0.380 e. The van der Waals surface area contributed by atoms with Crippen LogP contribution in [0.25, 0.3) is 0 Å². The van der Waals surface area contributed by atoms with Gasteiger partial charge >= 0.3 is 0 Å². The molecule has 0 spiro atoms. The van der Waals surface area contributed by atoms with E-state index in [0.29, 0.717) is 12.4 Å². The lowest BCUT2D eigenvalue weighted by molar-refractivity contribution is 0.205. The molecule has 0 amide bonds. The molecule has 5 nitrogen and oxygen atoms in total. The fraction of sp³-hybridized carbons (Fsp3) is 0.143. The fourth-order valence-electron chi connectivity index (χ4n) is 3.05. The zero-order chi connectivity index (χ0) is 17.8. The van der Waals surface area contributed by atoms with E-state index >= 15 is 0 Å². The number of aliphatic hydroxyl groups is 1. The van der Waals surface area contributed by atoms with Crippen LogP contribution in [0.15, 0.2) is 85.5 Å². The van der Waals surface area contributed by atoms with E-state index in [4.69, 9.17) is 0 Å². The van der Waals surface area contributed by atoms with Gasteiger partial charge in [0.1, 0.15) is 17.8 Å². The normalized spacial score (nSPS) is 12.2. The van der Waals surface area contributed by atoms with Crippen molar-refractivity contribution >= 4 is 0 Å². The van der Waals surface area contributed by atoms with Gasteiger partial charge in [-0.15, -0.1) is 0 Å². The Morgan fingerprint density at radius 3 is 2.19 bits per heavy atom. The summed E-state index contributed by atoms with van der Waals surface area (Å²) in [6.07, 6.45) is 6.62. The molecule has 26 heavy (non-hydrogen) atoms. The third-order valence-electron chi connectivity index (χ3n) is 4.42. The highest BCUT2D eigenvalue weighted by molar-refractivity contribution is 5.23. The van der Waals surface area contributed by atoms with Crippen LogP contribution in [0.4, 0.5) is 0 Å². The maximum Gasteiger partial charge on any atom is 0.142 e. The van der Waals surface area contributed by atoms with Crippen LogP contribution in [-0.4, -0.2) is 24.2 Å². The number of rotatable bonds is 6. The minimum absolute atomic E-state index is 0.555. The third-order valence-corrected chi connectivity index (χ3v) is 4.42. The largest absolute Gasteiger partial charge is 0.380 e. The van der Waals surface area contributed by atoms with Crippen LogP contribution in [0.2, 0.25) is 0 Å². The molecule has 0 saturated carbocycles. The molecule has 4 rings (SSSR count). The molecule has 0 radical (unpaired) electrons. The summed E-state index contributed by atoms with van der Waals surface area (Å²) in [5, 5.41) is 10.7. The second-order valence-corrected chi connectivity index (χ2v) is 6.18. The summed E-state index contributed by atoms with van der Waals surface area (Å²) in [6, 6.07) is 19.9. The first-order chi connectivity index (χ1) is 12.8. The Kier molecular flexibility index (Phi) is 4.62. The van der Waals surface area contributed by atoms with Crippen LogP contribution >= 0.6 is 0 Å². The fourth-order valence-corrected chi connectivity index (χ4v) is 3.05. The predicted molar refractivity (Wildman–Crippen MR) is 99.6 cm³/mol. The molecule has 4 aromatic rings. The molecule has 0 aliphatic heterocycles. The monoisotopic (exact) mass is 344 g/mol. The van der Waals surface area contributed by atoms with Crippen molar-refractivity contribution in [3.05, 3.63) is 108 Å². The van der Waals surface area contributed by atoms with Crippen LogP contribution in [0, 0.1) is 0 Å². The van der Waals surface area contributed by atoms with E-state index < -0.39 is 6.10 Å². The average molecular weight is 344 g/mol. The molecule has 2 heterocycles. The highest BCUT2D eigenvalue weighted by atomic mass is 16.3. The van der Waals surface area contributed by atoms with Crippen molar-refractivity contribution in [2.75, 3.05) is 0 Å². The molecule has 0 saturated heterocycles. The Morgan fingerprint density at radius 2 is 1.42 bits per heavy atom. The van der Waals surface area contributed by atoms with Crippen molar-refractivity contribution in [3.63, 3.8) is 0 Å². The number of nitrogens with zero attached hydrogens (tertiary/aromatic N) is 4. The van der Waals surface area contributed by atoms with Crippen LogP contribution in [0.1, 0.15) is 28.9 Å². The smallest absolute Gasteiger partial charge is 0.142 e.